The Morgan fingerprint density at radius 2 is 1.52 bits per heavy atom. The van der Waals surface area contributed by atoms with Gasteiger partial charge < -0.3 is 0 Å². The second-order valence-corrected chi connectivity index (χ2v) is 6.96. The van der Waals surface area contributed by atoms with E-state index in [9.17, 15) is 9.59 Å². The molecule has 0 spiro atoms. The normalized spacial score (nSPS) is 11.7. The van der Waals surface area contributed by atoms with Crippen LogP contribution in [-0.4, -0.2) is 9.55 Å². The molecule has 1 N–H and O–H groups in total. The number of hydrogen-bond donors (Lipinski definition) is 1. The summed E-state index contributed by atoms with van der Waals surface area (Å²) in [4.78, 5) is 27.0. The third-order valence-electron chi connectivity index (χ3n) is 3.86. The first-order valence-electron chi connectivity index (χ1n) is 7.85. The first-order chi connectivity index (χ1) is 12.1. The number of H-pyrrole nitrogens is 1. The largest absolute Gasteiger partial charge is 0.329 e. The topological polar surface area (TPSA) is 54.9 Å². The lowest BCUT2D eigenvalue weighted by Gasteiger charge is -2.21. The number of hydrogen-bond acceptors (Lipinski definition) is 2. The average molecular weight is 397 g/mol. The Kier molecular flexibility index (Phi) is 5.14. The summed E-state index contributed by atoms with van der Waals surface area (Å²) >= 11 is 3.34. The van der Waals surface area contributed by atoms with Crippen LogP contribution in [-0.2, 0) is 0 Å². The molecule has 0 unspecified atom stereocenters. The minimum Gasteiger partial charge on any atom is -0.288 e. The summed E-state index contributed by atoms with van der Waals surface area (Å²) in [7, 11) is 0. The first kappa shape index (κ1) is 17.2. The Morgan fingerprint density at radius 1 is 1.00 bits per heavy atom. The molecule has 0 aliphatic heterocycles. The minimum absolute atomic E-state index is 0.325. The predicted octanol–water partition coefficient (Wildman–Crippen LogP) is 3.93. The van der Waals surface area contributed by atoms with Crippen LogP contribution in [0.1, 0.15) is 29.7 Å². The maximum atomic E-state index is 12.5. The minimum atomic E-state index is -0.438. The van der Waals surface area contributed by atoms with Crippen LogP contribution in [0.5, 0.6) is 0 Å². The number of aromatic amines is 1. The summed E-state index contributed by atoms with van der Waals surface area (Å²) in [5, 5.41) is 0. The van der Waals surface area contributed by atoms with Crippen molar-refractivity contribution in [3.63, 3.8) is 0 Å². The summed E-state index contributed by atoms with van der Waals surface area (Å²) < 4.78 is 2.37. The second-order valence-electron chi connectivity index (χ2n) is 5.71. The number of allylic oxidation sites excluding steroid dienone is 1. The highest BCUT2D eigenvalue weighted by atomic mass is 79.9. The zero-order chi connectivity index (χ0) is 17.8. The van der Waals surface area contributed by atoms with Gasteiger partial charge in [-0.25, -0.2) is 4.79 Å². The fraction of sp³-hybridized carbons (Fsp3) is 0.100. The van der Waals surface area contributed by atoms with E-state index in [0.29, 0.717) is 5.56 Å². The number of nitrogens with one attached hydrogen (secondary N) is 1. The molecule has 3 aromatic rings. The molecular formula is C20H17BrN2O2. The van der Waals surface area contributed by atoms with Gasteiger partial charge in [0.05, 0.1) is 11.6 Å². The molecule has 0 saturated heterocycles. The van der Waals surface area contributed by atoms with Gasteiger partial charge in [-0.3, -0.25) is 14.3 Å². The highest BCUT2D eigenvalue weighted by Gasteiger charge is 2.18. The lowest BCUT2D eigenvalue weighted by Crippen LogP contribution is -2.34. The smallest absolute Gasteiger partial charge is 0.288 e. The Balaban J connectivity index is 2.26. The van der Waals surface area contributed by atoms with Gasteiger partial charge in [0.15, 0.2) is 0 Å². The quantitative estimate of drug-likeness (QED) is 0.726. The molecule has 3 rings (SSSR count). The van der Waals surface area contributed by atoms with E-state index in [-0.39, 0.29) is 6.04 Å². The molecule has 0 aliphatic rings. The molecule has 0 amide bonds. The summed E-state index contributed by atoms with van der Waals surface area (Å²) in [6.07, 6.45) is 3.30. The molecule has 0 atom stereocenters. The van der Waals surface area contributed by atoms with Crippen LogP contribution in [0.3, 0.4) is 0 Å². The molecule has 0 aliphatic carbocycles. The fourth-order valence-electron chi connectivity index (χ4n) is 2.79. The molecule has 0 saturated carbocycles. The third-order valence-corrected chi connectivity index (χ3v) is 4.09. The monoisotopic (exact) mass is 396 g/mol. The van der Waals surface area contributed by atoms with Gasteiger partial charge in [0.2, 0.25) is 0 Å². The molecule has 0 bridgehead atoms. The molecular weight excluding hydrogens is 380 g/mol. The van der Waals surface area contributed by atoms with Gasteiger partial charge in [0.1, 0.15) is 0 Å². The van der Waals surface area contributed by atoms with Crippen LogP contribution in [0.4, 0.5) is 0 Å². The van der Waals surface area contributed by atoms with Gasteiger partial charge in [0, 0.05) is 6.20 Å². The summed E-state index contributed by atoms with van der Waals surface area (Å²) in [5.41, 5.74) is 1.51. The number of halogens is 1. The van der Waals surface area contributed by atoms with Gasteiger partial charge in [-0.1, -0.05) is 76.6 Å². The number of rotatable bonds is 4. The molecule has 25 heavy (non-hydrogen) atoms. The third kappa shape index (κ3) is 3.88. The van der Waals surface area contributed by atoms with Crippen LogP contribution in [0.2, 0.25) is 0 Å². The molecule has 126 valence electrons. The zero-order valence-corrected chi connectivity index (χ0v) is 15.2. The molecule has 1 aromatic heterocycles. The molecule has 2 aromatic carbocycles. The van der Waals surface area contributed by atoms with E-state index in [1.54, 1.807) is 16.8 Å². The van der Waals surface area contributed by atoms with Crippen molar-refractivity contribution in [2.75, 3.05) is 0 Å². The maximum Gasteiger partial charge on any atom is 0.329 e. The standard InChI is InChI=1S/C20H17BrN2O2/c1-14(21)12-17-13-23(20(25)22-19(17)24)18(15-8-4-2-5-9-15)16-10-6-3-7-11-16/h2-13,18H,1H3,(H,22,24,25)/b14-12-. The van der Waals surface area contributed by atoms with E-state index in [2.05, 4.69) is 20.9 Å². The van der Waals surface area contributed by atoms with Crippen molar-refractivity contribution in [1.29, 1.82) is 0 Å². The molecule has 0 radical (unpaired) electrons. The van der Waals surface area contributed by atoms with E-state index in [0.717, 1.165) is 15.6 Å². The van der Waals surface area contributed by atoms with E-state index in [1.165, 1.54) is 0 Å². The molecule has 0 fully saturated rings. The van der Waals surface area contributed by atoms with Gasteiger partial charge in [0.25, 0.3) is 5.56 Å². The van der Waals surface area contributed by atoms with E-state index < -0.39 is 11.2 Å². The Bertz CT molecular complexity index is 962. The van der Waals surface area contributed by atoms with Crippen molar-refractivity contribution in [3.05, 3.63) is 109 Å². The van der Waals surface area contributed by atoms with E-state index in [1.807, 2.05) is 67.6 Å². The van der Waals surface area contributed by atoms with Crippen molar-refractivity contribution in [2.45, 2.75) is 13.0 Å². The summed E-state index contributed by atoms with van der Waals surface area (Å²) in [6, 6.07) is 19.2. The lowest BCUT2D eigenvalue weighted by molar-refractivity contribution is 0.625. The van der Waals surface area contributed by atoms with Crippen molar-refractivity contribution >= 4 is 22.0 Å². The van der Waals surface area contributed by atoms with Crippen LogP contribution >= 0.6 is 15.9 Å². The zero-order valence-electron chi connectivity index (χ0n) is 13.6. The van der Waals surface area contributed by atoms with Crippen LogP contribution in [0.15, 0.2) is 80.9 Å². The van der Waals surface area contributed by atoms with Gasteiger partial charge in [-0.2, -0.15) is 0 Å². The highest BCUT2D eigenvalue weighted by Crippen LogP contribution is 2.25. The SMILES string of the molecule is C/C(Br)=C/c1cn(C(c2ccccc2)c2ccccc2)c(=O)[nH]c1=O. The van der Waals surface area contributed by atoms with Crippen molar-refractivity contribution < 1.29 is 0 Å². The Morgan fingerprint density at radius 3 is 2.00 bits per heavy atom. The molecule has 5 heteroatoms. The van der Waals surface area contributed by atoms with Crippen molar-refractivity contribution in [1.82, 2.24) is 9.55 Å². The second kappa shape index (κ2) is 7.49. The Hall–Kier alpha value is -2.66. The van der Waals surface area contributed by atoms with Crippen LogP contribution in [0, 0.1) is 0 Å². The molecule has 4 nitrogen and oxygen atoms in total. The lowest BCUT2D eigenvalue weighted by atomic mass is 9.98. The van der Waals surface area contributed by atoms with Gasteiger partial charge in [-0.15, -0.1) is 0 Å². The van der Waals surface area contributed by atoms with Gasteiger partial charge >= 0.3 is 5.69 Å². The van der Waals surface area contributed by atoms with Crippen molar-refractivity contribution in [3.8, 4) is 0 Å². The number of aromatic nitrogens is 2. The van der Waals surface area contributed by atoms with Gasteiger partial charge in [-0.05, 0) is 28.6 Å². The van der Waals surface area contributed by atoms with Crippen LogP contribution < -0.4 is 11.2 Å². The van der Waals surface area contributed by atoms with E-state index in [4.69, 9.17) is 0 Å². The number of benzene rings is 2. The average Bonchev–Trinajstić information content (AvgIpc) is 2.60. The van der Waals surface area contributed by atoms with Crippen molar-refractivity contribution in [2.24, 2.45) is 0 Å². The fourth-order valence-corrected chi connectivity index (χ4v) is 3.04. The highest BCUT2D eigenvalue weighted by molar-refractivity contribution is 9.11. The summed E-state index contributed by atoms with van der Waals surface area (Å²) in [5.74, 6) is 0. The summed E-state index contributed by atoms with van der Waals surface area (Å²) in [6.45, 7) is 1.83. The Labute approximate surface area is 153 Å². The molecule has 1 heterocycles. The van der Waals surface area contributed by atoms with E-state index >= 15 is 0 Å². The predicted molar refractivity (Wildman–Crippen MR) is 104 cm³/mol. The maximum absolute atomic E-state index is 12.5. The first-order valence-corrected chi connectivity index (χ1v) is 8.64. The number of nitrogens with zero attached hydrogens (tertiary/aromatic N) is 1. The van der Waals surface area contributed by atoms with Crippen LogP contribution in [0.25, 0.3) is 6.08 Å².